The first-order chi connectivity index (χ1) is 23.6. The van der Waals surface area contributed by atoms with Crippen molar-refractivity contribution in [1.29, 1.82) is 0 Å². The second-order valence-corrected chi connectivity index (χ2v) is 14.9. The van der Waals surface area contributed by atoms with Crippen LogP contribution >= 0.6 is 0 Å². The summed E-state index contributed by atoms with van der Waals surface area (Å²) in [7, 11) is 5.90. The Kier molecular flexibility index (Phi) is 32.3. The Bertz CT molecular complexity index is 785. The summed E-state index contributed by atoms with van der Waals surface area (Å²) in [6.07, 6.45) is 27.0. The van der Waals surface area contributed by atoms with Gasteiger partial charge in [0.05, 0.1) is 40.3 Å². The largest absolute Gasteiger partial charge is 0.545 e. The van der Waals surface area contributed by atoms with Crippen LogP contribution in [0, 0.1) is 0 Å². The number of likely N-dealkylation sites (N-methyl/N-ethyl adjacent to an activating group) is 1. The highest BCUT2D eigenvalue weighted by atomic mass is 16.7. The molecule has 0 aromatic rings. The number of esters is 2. The number of carbonyl (C=O) groups excluding carboxylic acids is 3. The number of hydrogen-bond donors (Lipinski definition) is 0. The number of carbonyl (C=O) groups is 3. The molecule has 0 saturated carbocycles. The summed E-state index contributed by atoms with van der Waals surface area (Å²) in [4.78, 5) is 36.7. The highest BCUT2D eigenvalue weighted by Crippen LogP contribution is 2.15. The monoisotopic (exact) mass is 700 g/mol. The lowest BCUT2D eigenvalue weighted by Crippen LogP contribution is -2.44. The van der Waals surface area contributed by atoms with Gasteiger partial charge in [-0.15, -0.1) is 0 Å². The van der Waals surface area contributed by atoms with Crippen LogP contribution in [-0.4, -0.2) is 82.3 Å². The number of carboxylic acid groups (broad SMARTS) is 1. The Morgan fingerprint density at radius 3 is 1.31 bits per heavy atom. The summed E-state index contributed by atoms with van der Waals surface area (Å²) in [6, 6.07) is 0. The van der Waals surface area contributed by atoms with Gasteiger partial charge in [0.1, 0.15) is 13.2 Å². The first kappa shape index (κ1) is 47.3. The van der Waals surface area contributed by atoms with Gasteiger partial charge < -0.3 is 33.3 Å². The Hall–Kier alpha value is -1.71. The minimum absolute atomic E-state index is 0.152. The van der Waals surface area contributed by atoms with Crippen molar-refractivity contribution in [3.05, 3.63) is 0 Å². The fourth-order valence-electron chi connectivity index (χ4n) is 5.65. The van der Waals surface area contributed by atoms with Gasteiger partial charge in [-0.25, -0.2) is 0 Å². The average molecular weight is 700 g/mol. The second-order valence-electron chi connectivity index (χ2n) is 14.9. The van der Waals surface area contributed by atoms with Gasteiger partial charge in [0, 0.05) is 12.8 Å². The Morgan fingerprint density at radius 1 is 0.531 bits per heavy atom. The summed E-state index contributed by atoms with van der Waals surface area (Å²) >= 11 is 0. The summed E-state index contributed by atoms with van der Waals surface area (Å²) in [5.41, 5.74) is 0. The van der Waals surface area contributed by atoms with Gasteiger partial charge in [-0.2, -0.15) is 0 Å². The van der Waals surface area contributed by atoms with E-state index in [0.29, 0.717) is 17.4 Å². The van der Waals surface area contributed by atoms with Gasteiger partial charge in [0.25, 0.3) is 0 Å². The lowest BCUT2D eigenvalue weighted by molar-refractivity contribution is -0.870. The topological polar surface area (TPSA) is 111 Å². The third-order valence-electron chi connectivity index (χ3n) is 8.85. The van der Waals surface area contributed by atoms with Crippen molar-refractivity contribution in [2.24, 2.45) is 0 Å². The minimum Gasteiger partial charge on any atom is -0.545 e. The van der Waals surface area contributed by atoms with Crippen molar-refractivity contribution in [3.8, 4) is 0 Å². The smallest absolute Gasteiger partial charge is 0.306 e. The molecule has 0 rings (SSSR count). The first-order valence-electron chi connectivity index (χ1n) is 20.2. The second kappa shape index (κ2) is 33.4. The third-order valence-corrected chi connectivity index (χ3v) is 8.85. The van der Waals surface area contributed by atoms with Gasteiger partial charge >= 0.3 is 11.9 Å². The van der Waals surface area contributed by atoms with E-state index in [4.69, 9.17) is 18.9 Å². The summed E-state index contributed by atoms with van der Waals surface area (Å²) in [6.45, 7) is 4.73. The predicted octanol–water partition coefficient (Wildman–Crippen LogP) is 8.44. The number of carboxylic acids is 1. The third kappa shape index (κ3) is 34.5. The Labute approximate surface area is 301 Å². The van der Waals surface area contributed by atoms with Crippen LogP contribution < -0.4 is 5.11 Å². The van der Waals surface area contributed by atoms with Crippen LogP contribution in [0.1, 0.15) is 181 Å². The molecule has 9 heteroatoms. The van der Waals surface area contributed by atoms with Crippen LogP contribution in [0.15, 0.2) is 0 Å². The van der Waals surface area contributed by atoms with E-state index in [-0.39, 0.29) is 32.2 Å². The molecule has 290 valence electrons. The highest BCUT2D eigenvalue weighted by molar-refractivity contribution is 5.70. The van der Waals surface area contributed by atoms with Crippen molar-refractivity contribution >= 4 is 17.9 Å². The van der Waals surface area contributed by atoms with Gasteiger partial charge in [0.15, 0.2) is 12.4 Å². The maximum atomic E-state index is 12.7. The molecule has 0 N–H and O–H groups in total. The van der Waals surface area contributed by atoms with Crippen molar-refractivity contribution in [3.63, 3.8) is 0 Å². The molecule has 9 nitrogen and oxygen atoms in total. The number of unbranched alkanes of at least 4 members (excludes halogenated alkanes) is 22. The van der Waals surface area contributed by atoms with Gasteiger partial charge in [-0.05, 0) is 12.8 Å². The molecule has 0 fully saturated rings. The SMILES string of the molecule is CCCCCCCCCCCCCCCC(=O)OC(COC(=O)CCCCCCCCCCCCC)COC(OCC[N+](C)(C)C)C(=O)[O-]. The Morgan fingerprint density at radius 2 is 0.918 bits per heavy atom. The van der Waals surface area contributed by atoms with Crippen LogP contribution in [0.5, 0.6) is 0 Å². The van der Waals surface area contributed by atoms with E-state index in [1.165, 1.54) is 116 Å². The lowest BCUT2D eigenvalue weighted by atomic mass is 10.0. The number of hydrogen-bond acceptors (Lipinski definition) is 8. The Balaban J connectivity index is 4.49. The predicted molar refractivity (Wildman–Crippen MR) is 196 cm³/mol. The fourth-order valence-corrected chi connectivity index (χ4v) is 5.65. The summed E-state index contributed by atoms with van der Waals surface area (Å²) in [5, 5.41) is 11.6. The molecular weight excluding hydrogens is 622 g/mol. The van der Waals surface area contributed by atoms with Crippen LogP contribution in [-0.2, 0) is 33.3 Å². The molecule has 0 aromatic carbocycles. The summed E-state index contributed by atoms with van der Waals surface area (Å²) < 4.78 is 22.5. The molecule has 0 aliphatic heterocycles. The number of quaternary nitrogens is 1. The highest BCUT2D eigenvalue weighted by Gasteiger charge is 2.21. The van der Waals surface area contributed by atoms with Crippen LogP contribution in [0.25, 0.3) is 0 Å². The molecule has 0 radical (unpaired) electrons. The van der Waals surface area contributed by atoms with Gasteiger partial charge in [0.2, 0.25) is 0 Å². The van der Waals surface area contributed by atoms with E-state index in [0.717, 1.165) is 38.5 Å². The zero-order valence-corrected chi connectivity index (χ0v) is 32.6. The van der Waals surface area contributed by atoms with E-state index in [1.807, 2.05) is 21.1 Å². The van der Waals surface area contributed by atoms with Crippen molar-refractivity contribution in [1.82, 2.24) is 0 Å². The minimum atomic E-state index is -1.61. The van der Waals surface area contributed by atoms with Crippen molar-refractivity contribution < 1.29 is 42.9 Å². The standard InChI is InChI=1S/C40H77NO8/c1-6-8-10-12-14-16-18-19-21-23-25-27-29-31-38(43)49-36(35-48-40(39(44)45)46-33-32-41(3,4)5)34-47-37(42)30-28-26-24-22-20-17-15-13-11-9-7-2/h36,40H,6-35H2,1-5H3. The van der Waals surface area contributed by atoms with E-state index in [2.05, 4.69) is 13.8 Å². The maximum absolute atomic E-state index is 12.7. The average Bonchev–Trinajstić information content (AvgIpc) is 3.05. The molecule has 0 aromatic heterocycles. The molecule has 49 heavy (non-hydrogen) atoms. The molecule has 2 atom stereocenters. The van der Waals surface area contributed by atoms with Crippen molar-refractivity contribution in [2.45, 2.75) is 193 Å². The molecule has 0 aliphatic rings. The maximum Gasteiger partial charge on any atom is 0.306 e. The fraction of sp³-hybridized carbons (Fsp3) is 0.925. The zero-order valence-electron chi connectivity index (χ0n) is 32.6. The zero-order chi connectivity index (χ0) is 36.4. The van der Waals surface area contributed by atoms with Gasteiger partial charge in [-0.1, -0.05) is 155 Å². The summed E-state index contributed by atoms with van der Waals surface area (Å²) in [5.74, 6) is -2.27. The molecule has 0 aliphatic carbocycles. The molecular formula is C40H77NO8. The van der Waals surface area contributed by atoms with E-state index in [9.17, 15) is 19.5 Å². The van der Waals surface area contributed by atoms with E-state index in [1.54, 1.807) is 0 Å². The van der Waals surface area contributed by atoms with Crippen LogP contribution in [0.3, 0.4) is 0 Å². The van der Waals surface area contributed by atoms with Gasteiger partial charge in [-0.3, -0.25) is 9.59 Å². The number of rotatable bonds is 37. The number of nitrogens with zero attached hydrogens (tertiary/aromatic N) is 1. The normalized spacial score (nSPS) is 12.9. The number of aliphatic carboxylic acids is 1. The molecule has 0 saturated heterocycles. The lowest BCUT2D eigenvalue weighted by Gasteiger charge is -2.26. The molecule has 0 spiro atoms. The molecule has 2 unspecified atom stereocenters. The quantitative estimate of drug-likeness (QED) is 0.0275. The molecule has 0 amide bonds. The van der Waals surface area contributed by atoms with E-state index >= 15 is 0 Å². The van der Waals surface area contributed by atoms with E-state index < -0.39 is 24.3 Å². The van der Waals surface area contributed by atoms with Crippen LogP contribution in [0.4, 0.5) is 0 Å². The van der Waals surface area contributed by atoms with Crippen LogP contribution in [0.2, 0.25) is 0 Å². The molecule has 0 bridgehead atoms. The van der Waals surface area contributed by atoms with Crippen molar-refractivity contribution in [2.75, 3.05) is 47.5 Å². The first-order valence-corrected chi connectivity index (χ1v) is 20.2. The number of ether oxygens (including phenoxy) is 4. The molecule has 0 heterocycles.